The summed E-state index contributed by atoms with van der Waals surface area (Å²) < 4.78 is 4.98. The number of carbonyl (C=O) groups is 1. The van der Waals surface area contributed by atoms with Crippen molar-refractivity contribution in [3.63, 3.8) is 0 Å². The molecular weight excluding hydrogens is 204 g/mol. The highest BCUT2D eigenvalue weighted by atomic mass is 35.5. The number of ether oxygens (including phenoxy) is 1. The fraction of sp³-hybridized carbons (Fsp3) is 0.100. The molecule has 0 fully saturated rings. The molecule has 0 heterocycles. The van der Waals surface area contributed by atoms with E-state index in [-0.39, 0.29) is 0 Å². The molecule has 0 aliphatic rings. The monoisotopic (exact) mass is 212 g/mol. The van der Waals surface area contributed by atoms with Crippen molar-refractivity contribution < 1.29 is 14.6 Å². The Hall–Kier alpha value is -1.48. The van der Waals surface area contributed by atoms with Crippen LogP contribution in [0.3, 0.4) is 0 Å². The molecule has 0 saturated carbocycles. The van der Waals surface area contributed by atoms with E-state index in [1.807, 2.05) is 0 Å². The third-order valence-electron chi connectivity index (χ3n) is 1.55. The molecule has 0 aliphatic heterocycles. The lowest BCUT2D eigenvalue weighted by molar-refractivity contribution is -0.131. The average molecular weight is 213 g/mol. The van der Waals surface area contributed by atoms with Gasteiger partial charge in [-0.15, -0.1) is 0 Å². The number of carboxylic acids is 1. The quantitative estimate of drug-likeness (QED) is 0.783. The molecule has 74 valence electrons. The highest BCUT2D eigenvalue weighted by Crippen LogP contribution is 2.21. The van der Waals surface area contributed by atoms with Crippen molar-refractivity contribution in [2.75, 3.05) is 7.11 Å². The van der Waals surface area contributed by atoms with Gasteiger partial charge in [0.2, 0.25) is 0 Å². The van der Waals surface area contributed by atoms with Gasteiger partial charge in [0.15, 0.2) is 0 Å². The fourth-order valence-corrected chi connectivity index (χ4v) is 1.20. The summed E-state index contributed by atoms with van der Waals surface area (Å²) >= 11 is 5.78. The topological polar surface area (TPSA) is 46.5 Å². The highest BCUT2D eigenvalue weighted by Gasteiger charge is 1.97. The van der Waals surface area contributed by atoms with Crippen LogP contribution in [-0.2, 0) is 4.79 Å². The summed E-state index contributed by atoms with van der Waals surface area (Å²) in [5.41, 5.74) is 0.691. The molecule has 4 heteroatoms. The van der Waals surface area contributed by atoms with Gasteiger partial charge < -0.3 is 9.84 Å². The zero-order valence-electron chi connectivity index (χ0n) is 7.53. The molecule has 1 N–H and O–H groups in total. The number of methoxy groups -OCH3 is 1. The van der Waals surface area contributed by atoms with Crippen molar-refractivity contribution in [3.8, 4) is 5.75 Å². The third-order valence-corrected chi connectivity index (χ3v) is 1.77. The van der Waals surface area contributed by atoms with E-state index < -0.39 is 5.97 Å². The fourth-order valence-electron chi connectivity index (χ4n) is 0.966. The number of hydrogen-bond donors (Lipinski definition) is 1. The van der Waals surface area contributed by atoms with Crippen LogP contribution in [0.15, 0.2) is 24.3 Å². The van der Waals surface area contributed by atoms with Gasteiger partial charge in [0, 0.05) is 11.1 Å². The second-order valence-electron chi connectivity index (χ2n) is 2.60. The van der Waals surface area contributed by atoms with E-state index in [0.717, 1.165) is 6.08 Å². The molecule has 1 aromatic carbocycles. The lowest BCUT2D eigenvalue weighted by Crippen LogP contribution is -1.87. The van der Waals surface area contributed by atoms with Crippen LogP contribution in [-0.4, -0.2) is 18.2 Å². The van der Waals surface area contributed by atoms with Crippen molar-refractivity contribution in [2.24, 2.45) is 0 Å². The molecule has 1 aromatic rings. The van der Waals surface area contributed by atoms with Crippen LogP contribution in [0.25, 0.3) is 6.08 Å². The van der Waals surface area contributed by atoms with Gasteiger partial charge in [-0.3, -0.25) is 0 Å². The molecule has 0 spiro atoms. The van der Waals surface area contributed by atoms with E-state index in [2.05, 4.69) is 0 Å². The Morgan fingerprint density at radius 1 is 1.50 bits per heavy atom. The van der Waals surface area contributed by atoms with E-state index in [1.54, 1.807) is 18.2 Å². The predicted octanol–water partition coefficient (Wildman–Crippen LogP) is 2.45. The van der Waals surface area contributed by atoms with Gasteiger partial charge in [0.25, 0.3) is 0 Å². The van der Waals surface area contributed by atoms with Crippen LogP contribution in [0, 0.1) is 0 Å². The standard InChI is InChI=1S/C10H9ClO3/c1-14-9-5-7(2-3-10(12)13)4-8(11)6-9/h2-6H,1H3,(H,12,13)/b3-2+. The first-order chi connectivity index (χ1) is 6.61. The second-order valence-corrected chi connectivity index (χ2v) is 3.03. The molecule has 0 amide bonds. The maximum absolute atomic E-state index is 10.3. The van der Waals surface area contributed by atoms with E-state index in [1.165, 1.54) is 13.2 Å². The summed E-state index contributed by atoms with van der Waals surface area (Å²) in [5.74, 6) is -0.397. The van der Waals surface area contributed by atoms with Crippen LogP contribution >= 0.6 is 11.6 Å². The van der Waals surface area contributed by atoms with Crippen LogP contribution in [0.1, 0.15) is 5.56 Å². The number of aliphatic carboxylic acids is 1. The minimum atomic E-state index is -0.996. The largest absolute Gasteiger partial charge is 0.497 e. The minimum Gasteiger partial charge on any atom is -0.497 e. The summed E-state index contributed by atoms with van der Waals surface area (Å²) in [5, 5.41) is 8.93. The number of hydrogen-bond acceptors (Lipinski definition) is 2. The molecular formula is C10H9ClO3. The van der Waals surface area contributed by atoms with E-state index in [0.29, 0.717) is 16.3 Å². The van der Waals surface area contributed by atoms with Crippen LogP contribution in [0.4, 0.5) is 0 Å². The molecule has 0 unspecified atom stereocenters. The van der Waals surface area contributed by atoms with Gasteiger partial charge in [-0.1, -0.05) is 11.6 Å². The molecule has 3 nitrogen and oxygen atoms in total. The van der Waals surface area contributed by atoms with E-state index in [4.69, 9.17) is 21.4 Å². The van der Waals surface area contributed by atoms with E-state index in [9.17, 15) is 4.79 Å². The number of carboxylic acid groups (broad SMARTS) is 1. The molecule has 0 aromatic heterocycles. The second kappa shape index (κ2) is 4.67. The first-order valence-corrected chi connectivity index (χ1v) is 4.25. The molecule has 1 rings (SSSR count). The summed E-state index contributed by atoms with van der Waals surface area (Å²) in [4.78, 5) is 10.3. The van der Waals surface area contributed by atoms with Crippen molar-refractivity contribution in [3.05, 3.63) is 34.9 Å². The molecule has 0 bridgehead atoms. The van der Waals surface area contributed by atoms with Crippen molar-refractivity contribution in [1.82, 2.24) is 0 Å². The Balaban J connectivity index is 2.97. The molecule has 0 radical (unpaired) electrons. The minimum absolute atomic E-state index is 0.509. The van der Waals surface area contributed by atoms with Gasteiger partial charge in [-0.25, -0.2) is 4.79 Å². The third kappa shape index (κ3) is 3.11. The maximum Gasteiger partial charge on any atom is 0.328 e. The zero-order chi connectivity index (χ0) is 10.6. The summed E-state index contributed by atoms with van der Waals surface area (Å²) in [6.45, 7) is 0. The van der Waals surface area contributed by atoms with Crippen LogP contribution < -0.4 is 4.74 Å². The SMILES string of the molecule is COc1cc(Cl)cc(/C=C/C(=O)O)c1. The van der Waals surface area contributed by atoms with Gasteiger partial charge in [-0.2, -0.15) is 0 Å². The van der Waals surface area contributed by atoms with Gasteiger partial charge in [-0.05, 0) is 29.8 Å². The maximum atomic E-state index is 10.3. The number of rotatable bonds is 3. The van der Waals surface area contributed by atoms with Gasteiger partial charge >= 0.3 is 5.97 Å². The number of halogens is 1. The normalized spacial score (nSPS) is 10.4. The Bertz CT molecular complexity index is 372. The van der Waals surface area contributed by atoms with Crippen molar-refractivity contribution in [2.45, 2.75) is 0 Å². The molecule has 0 aliphatic carbocycles. The Kier molecular flexibility index (Phi) is 3.54. The zero-order valence-corrected chi connectivity index (χ0v) is 8.28. The molecule has 0 saturated heterocycles. The Morgan fingerprint density at radius 2 is 2.21 bits per heavy atom. The van der Waals surface area contributed by atoms with Crippen molar-refractivity contribution in [1.29, 1.82) is 0 Å². The lowest BCUT2D eigenvalue weighted by atomic mass is 10.2. The average Bonchev–Trinajstić information content (AvgIpc) is 2.14. The first-order valence-electron chi connectivity index (χ1n) is 3.87. The first kappa shape index (κ1) is 10.6. The highest BCUT2D eigenvalue weighted by molar-refractivity contribution is 6.30. The molecule has 0 atom stereocenters. The predicted molar refractivity (Wildman–Crippen MR) is 54.7 cm³/mol. The van der Waals surface area contributed by atoms with Gasteiger partial charge in [0.05, 0.1) is 7.11 Å². The lowest BCUT2D eigenvalue weighted by Gasteiger charge is -2.01. The van der Waals surface area contributed by atoms with Gasteiger partial charge in [0.1, 0.15) is 5.75 Å². The Morgan fingerprint density at radius 3 is 2.79 bits per heavy atom. The van der Waals surface area contributed by atoms with E-state index >= 15 is 0 Å². The summed E-state index contributed by atoms with van der Waals surface area (Å²) in [7, 11) is 1.52. The smallest absolute Gasteiger partial charge is 0.328 e. The Labute approximate surface area is 86.6 Å². The van der Waals surface area contributed by atoms with Crippen LogP contribution in [0.2, 0.25) is 5.02 Å². The number of benzene rings is 1. The van der Waals surface area contributed by atoms with Crippen LogP contribution in [0.5, 0.6) is 5.75 Å². The van der Waals surface area contributed by atoms with Crippen molar-refractivity contribution >= 4 is 23.6 Å². The molecule has 14 heavy (non-hydrogen) atoms. The summed E-state index contributed by atoms with van der Waals surface area (Å²) in [6, 6.07) is 5.01. The summed E-state index contributed by atoms with van der Waals surface area (Å²) in [6.07, 6.45) is 2.50.